The summed E-state index contributed by atoms with van der Waals surface area (Å²) >= 11 is 0. The smallest absolute Gasteiger partial charge is 0.304 e. The van der Waals surface area contributed by atoms with Crippen molar-refractivity contribution < 1.29 is 13.2 Å². The Bertz CT molecular complexity index is 841. The molecule has 0 spiro atoms. The van der Waals surface area contributed by atoms with Gasteiger partial charge in [-0.2, -0.15) is 18.0 Å². The molecule has 0 amide bonds. The molecule has 146 valence electrons. The minimum Gasteiger partial charge on any atom is -0.380 e. The van der Waals surface area contributed by atoms with Crippen LogP contribution in [0.5, 0.6) is 0 Å². The van der Waals surface area contributed by atoms with Crippen molar-refractivity contribution >= 4 is 21.7 Å². The predicted octanol–water partition coefficient (Wildman–Crippen LogP) is 0.229. The molecule has 1 aromatic rings. The van der Waals surface area contributed by atoms with Crippen LogP contribution in [0.3, 0.4) is 0 Å². The number of likely N-dealkylation sites (tertiary alicyclic amines) is 1. The van der Waals surface area contributed by atoms with E-state index in [0.29, 0.717) is 38.3 Å². The molecule has 0 aliphatic carbocycles. The van der Waals surface area contributed by atoms with E-state index in [4.69, 9.17) is 10.00 Å². The van der Waals surface area contributed by atoms with Crippen LogP contribution in [0.2, 0.25) is 0 Å². The number of nitrogens with zero attached hydrogens (tertiary/aromatic N) is 6. The Morgan fingerprint density at radius 1 is 1.22 bits per heavy atom. The van der Waals surface area contributed by atoms with Gasteiger partial charge in [0, 0.05) is 64.7 Å². The standard InChI is InChI=1S/C17H24N6O3S/c1-26-16-4-7-21(12-16)17-10-14(2-5-19-17)22-8-9-23(27(22,24)25)15-3-6-20(11-15)13-18/h2,5,10,15-16H,3-4,6-9,11-12H2,1H3/t15-,16-/m1/s1. The van der Waals surface area contributed by atoms with E-state index >= 15 is 0 Å². The molecule has 0 N–H and O–H groups in total. The van der Waals surface area contributed by atoms with E-state index in [-0.39, 0.29) is 12.1 Å². The maximum absolute atomic E-state index is 13.1. The summed E-state index contributed by atoms with van der Waals surface area (Å²) < 4.78 is 34.6. The number of hydrogen-bond acceptors (Lipinski definition) is 7. The quantitative estimate of drug-likeness (QED) is 0.677. The first kappa shape index (κ1) is 18.3. The van der Waals surface area contributed by atoms with Gasteiger partial charge in [0.25, 0.3) is 0 Å². The predicted molar refractivity (Wildman–Crippen MR) is 100 cm³/mol. The van der Waals surface area contributed by atoms with Crippen molar-refractivity contribution in [2.24, 2.45) is 0 Å². The zero-order chi connectivity index (χ0) is 19.0. The van der Waals surface area contributed by atoms with Gasteiger partial charge < -0.3 is 14.5 Å². The lowest BCUT2D eigenvalue weighted by atomic mass is 10.2. The van der Waals surface area contributed by atoms with E-state index in [1.807, 2.05) is 6.07 Å². The number of methoxy groups -OCH3 is 1. The van der Waals surface area contributed by atoms with Crippen molar-refractivity contribution in [3.05, 3.63) is 18.3 Å². The molecule has 10 heteroatoms. The molecule has 1 aromatic heterocycles. The summed E-state index contributed by atoms with van der Waals surface area (Å²) in [5, 5.41) is 9.03. The van der Waals surface area contributed by atoms with Crippen molar-refractivity contribution in [3.8, 4) is 6.19 Å². The van der Waals surface area contributed by atoms with Crippen LogP contribution in [0.25, 0.3) is 0 Å². The molecule has 0 unspecified atom stereocenters. The van der Waals surface area contributed by atoms with Crippen LogP contribution in [0.4, 0.5) is 11.5 Å². The molecule has 2 atom stereocenters. The summed E-state index contributed by atoms with van der Waals surface area (Å²) in [6, 6.07) is 3.45. The van der Waals surface area contributed by atoms with Gasteiger partial charge in [0.15, 0.2) is 6.19 Å². The van der Waals surface area contributed by atoms with Crippen LogP contribution < -0.4 is 9.21 Å². The molecule has 0 saturated carbocycles. The lowest BCUT2D eigenvalue weighted by Crippen LogP contribution is -2.41. The van der Waals surface area contributed by atoms with Gasteiger partial charge in [-0.1, -0.05) is 0 Å². The Morgan fingerprint density at radius 2 is 2.07 bits per heavy atom. The fourth-order valence-corrected chi connectivity index (χ4v) is 5.92. The fourth-order valence-electron chi connectivity index (χ4n) is 4.11. The first-order valence-electron chi connectivity index (χ1n) is 9.21. The molecule has 3 saturated heterocycles. The topological polar surface area (TPSA) is 93.0 Å². The lowest BCUT2D eigenvalue weighted by Gasteiger charge is -2.25. The molecule has 0 radical (unpaired) electrons. The zero-order valence-electron chi connectivity index (χ0n) is 15.4. The molecular formula is C17H24N6O3S. The Kier molecular flexibility index (Phi) is 4.84. The van der Waals surface area contributed by atoms with Gasteiger partial charge in [0.1, 0.15) is 5.82 Å². The van der Waals surface area contributed by atoms with Gasteiger partial charge in [-0.15, -0.1) is 0 Å². The number of aromatic nitrogens is 1. The van der Waals surface area contributed by atoms with Gasteiger partial charge in [0.2, 0.25) is 0 Å². The maximum atomic E-state index is 13.1. The van der Waals surface area contributed by atoms with Crippen molar-refractivity contribution in [2.45, 2.75) is 25.0 Å². The summed E-state index contributed by atoms with van der Waals surface area (Å²) in [5.41, 5.74) is 0.638. The average molecular weight is 392 g/mol. The highest BCUT2D eigenvalue weighted by atomic mass is 32.2. The lowest BCUT2D eigenvalue weighted by molar-refractivity contribution is 0.121. The summed E-state index contributed by atoms with van der Waals surface area (Å²) in [6.07, 6.45) is 5.59. The second-order valence-electron chi connectivity index (χ2n) is 7.14. The van der Waals surface area contributed by atoms with Crippen molar-refractivity contribution in [1.82, 2.24) is 14.2 Å². The van der Waals surface area contributed by atoms with Gasteiger partial charge in [0.05, 0.1) is 11.8 Å². The fraction of sp³-hybridized carbons (Fsp3) is 0.647. The molecule has 9 nitrogen and oxygen atoms in total. The molecular weight excluding hydrogens is 368 g/mol. The number of anilines is 2. The van der Waals surface area contributed by atoms with Gasteiger partial charge in [-0.25, -0.2) is 4.98 Å². The number of pyridine rings is 1. The van der Waals surface area contributed by atoms with E-state index < -0.39 is 10.2 Å². The summed E-state index contributed by atoms with van der Waals surface area (Å²) in [6.45, 7) is 3.55. The zero-order valence-corrected chi connectivity index (χ0v) is 16.2. The Balaban J connectivity index is 1.53. The Morgan fingerprint density at radius 3 is 2.78 bits per heavy atom. The monoisotopic (exact) mass is 392 g/mol. The minimum atomic E-state index is -3.59. The van der Waals surface area contributed by atoms with E-state index in [1.165, 1.54) is 4.31 Å². The van der Waals surface area contributed by atoms with Gasteiger partial charge >= 0.3 is 10.2 Å². The molecule has 27 heavy (non-hydrogen) atoms. The molecule has 3 aliphatic rings. The highest BCUT2D eigenvalue weighted by Crippen LogP contribution is 2.31. The minimum absolute atomic E-state index is 0.137. The molecule has 3 fully saturated rings. The number of hydrogen-bond donors (Lipinski definition) is 0. The molecule has 4 heterocycles. The van der Waals surface area contributed by atoms with Crippen LogP contribution >= 0.6 is 0 Å². The Labute approximate surface area is 159 Å². The van der Waals surface area contributed by atoms with Crippen molar-refractivity contribution in [1.29, 1.82) is 5.26 Å². The average Bonchev–Trinajstić information content (AvgIpc) is 3.39. The molecule has 3 aliphatic heterocycles. The van der Waals surface area contributed by atoms with Crippen LogP contribution in [0.1, 0.15) is 12.8 Å². The van der Waals surface area contributed by atoms with Crippen LogP contribution in [-0.4, -0.2) is 81.1 Å². The normalized spacial score (nSPS) is 28.1. The van der Waals surface area contributed by atoms with Crippen LogP contribution in [-0.2, 0) is 14.9 Å². The van der Waals surface area contributed by atoms with Crippen LogP contribution in [0, 0.1) is 11.5 Å². The van der Waals surface area contributed by atoms with Crippen molar-refractivity contribution in [2.75, 3.05) is 55.6 Å². The molecule has 4 rings (SSSR count). The maximum Gasteiger partial charge on any atom is 0.304 e. The van der Waals surface area contributed by atoms with E-state index in [2.05, 4.69) is 16.1 Å². The van der Waals surface area contributed by atoms with E-state index in [1.54, 1.807) is 28.6 Å². The number of rotatable bonds is 4. The van der Waals surface area contributed by atoms with E-state index in [9.17, 15) is 8.42 Å². The third-order valence-corrected chi connectivity index (χ3v) is 7.65. The second-order valence-corrected chi connectivity index (χ2v) is 8.95. The van der Waals surface area contributed by atoms with Gasteiger partial charge in [-0.3, -0.25) is 4.31 Å². The summed E-state index contributed by atoms with van der Waals surface area (Å²) in [4.78, 5) is 8.16. The molecule has 0 bridgehead atoms. The number of nitriles is 1. The third-order valence-electron chi connectivity index (χ3n) is 5.63. The SMILES string of the molecule is CO[C@@H]1CCN(c2cc(N3CCN([C@@H]4CCN(C#N)C4)S3(=O)=O)ccn2)C1. The Hall–Kier alpha value is -2.09. The molecule has 0 aromatic carbocycles. The first-order valence-corrected chi connectivity index (χ1v) is 10.6. The summed E-state index contributed by atoms with van der Waals surface area (Å²) in [5.74, 6) is 0.775. The first-order chi connectivity index (χ1) is 13.0. The summed E-state index contributed by atoms with van der Waals surface area (Å²) in [7, 11) is -1.88. The highest BCUT2D eigenvalue weighted by Gasteiger charge is 2.43. The largest absolute Gasteiger partial charge is 0.380 e. The number of ether oxygens (including phenoxy) is 1. The van der Waals surface area contributed by atoms with Gasteiger partial charge in [-0.05, 0) is 18.9 Å². The van der Waals surface area contributed by atoms with Crippen LogP contribution in [0.15, 0.2) is 18.3 Å². The second kappa shape index (κ2) is 7.14. The third kappa shape index (κ3) is 3.31. The van der Waals surface area contributed by atoms with Crippen molar-refractivity contribution in [3.63, 3.8) is 0 Å². The van der Waals surface area contributed by atoms with E-state index in [0.717, 1.165) is 25.3 Å². The highest BCUT2D eigenvalue weighted by molar-refractivity contribution is 7.90.